The number of thioether (sulfide) groups is 1. The smallest absolute Gasteiger partial charge is 0.335 e. The largest absolute Gasteiger partial charge is 0.478 e. The van der Waals surface area contributed by atoms with Crippen LogP contribution in [0.4, 0.5) is 0 Å². The maximum Gasteiger partial charge on any atom is 0.335 e. The monoisotopic (exact) mass is 263 g/mol. The molecule has 2 heterocycles. The highest BCUT2D eigenvalue weighted by Crippen LogP contribution is 2.29. The lowest BCUT2D eigenvalue weighted by molar-refractivity contribution is 0.0694. The van der Waals surface area contributed by atoms with Gasteiger partial charge < -0.3 is 5.11 Å². The van der Waals surface area contributed by atoms with Gasteiger partial charge in [-0.3, -0.25) is 4.90 Å². The van der Waals surface area contributed by atoms with Gasteiger partial charge in [-0.15, -0.1) is 0 Å². The summed E-state index contributed by atoms with van der Waals surface area (Å²) >= 11 is 2.03. The van der Waals surface area contributed by atoms with E-state index >= 15 is 0 Å². The molecule has 0 aliphatic carbocycles. The number of carboxylic acids is 1. The van der Waals surface area contributed by atoms with E-state index in [2.05, 4.69) is 11.0 Å². The number of nitrogens with zero attached hydrogens (tertiary/aromatic N) is 1. The average Bonchev–Trinajstić information content (AvgIpc) is 2.91. The first kappa shape index (κ1) is 12.1. The summed E-state index contributed by atoms with van der Waals surface area (Å²) in [7, 11) is 0. The van der Waals surface area contributed by atoms with Gasteiger partial charge >= 0.3 is 5.97 Å². The highest BCUT2D eigenvalue weighted by atomic mass is 32.2. The summed E-state index contributed by atoms with van der Waals surface area (Å²) in [6.45, 7) is 1.92. The first-order valence-electron chi connectivity index (χ1n) is 6.41. The predicted octanol–water partition coefficient (Wildman–Crippen LogP) is 2.25. The fourth-order valence-electron chi connectivity index (χ4n) is 2.95. The highest BCUT2D eigenvalue weighted by molar-refractivity contribution is 7.99. The molecule has 0 radical (unpaired) electrons. The van der Waals surface area contributed by atoms with Crippen LogP contribution in [0.5, 0.6) is 0 Å². The summed E-state index contributed by atoms with van der Waals surface area (Å²) in [5, 5.41) is 9.20. The molecule has 3 rings (SSSR count). The third-order valence-electron chi connectivity index (χ3n) is 3.95. The quantitative estimate of drug-likeness (QED) is 0.888. The molecule has 1 atom stereocenters. The Morgan fingerprint density at radius 1 is 1.44 bits per heavy atom. The molecule has 96 valence electrons. The number of hydrogen-bond acceptors (Lipinski definition) is 3. The Hall–Kier alpha value is -1.00. The molecule has 1 aromatic carbocycles. The summed E-state index contributed by atoms with van der Waals surface area (Å²) in [6.07, 6.45) is 2.15. The van der Waals surface area contributed by atoms with E-state index in [0.717, 1.165) is 25.1 Å². The van der Waals surface area contributed by atoms with E-state index in [1.165, 1.54) is 23.5 Å². The molecule has 1 saturated heterocycles. The Morgan fingerprint density at radius 3 is 3.06 bits per heavy atom. The number of carbonyl (C=O) groups is 1. The van der Waals surface area contributed by atoms with Crippen LogP contribution in [0.3, 0.4) is 0 Å². The van der Waals surface area contributed by atoms with Crippen LogP contribution >= 0.6 is 11.8 Å². The van der Waals surface area contributed by atoms with E-state index in [1.54, 1.807) is 6.07 Å². The van der Waals surface area contributed by atoms with Gasteiger partial charge in [0.05, 0.1) is 5.56 Å². The van der Waals surface area contributed by atoms with Crippen molar-refractivity contribution < 1.29 is 9.90 Å². The number of benzene rings is 1. The molecule has 4 heteroatoms. The summed E-state index contributed by atoms with van der Waals surface area (Å²) < 4.78 is 0. The van der Waals surface area contributed by atoms with Gasteiger partial charge in [0, 0.05) is 24.9 Å². The van der Waals surface area contributed by atoms with Crippen LogP contribution in [0, 0.1) is 0 Å². The lowest BCUT2D eigenvalue weighted by Crippen LogP contribution is -2.39. The Bertz CT molecular complexity index is 469. The molecule has 1 fully saturated rings. The van der Waals surface area contributed by atoms with Crippen LogP contribution in [0.2, 0.25) is 0 Å². The summed E-state index contributed by atoms with van der Waals surface area (Å²) in [5.41, 5.74) is 2.75. The maximum atomic E-state index is 11.2. The third-order valence-corrected chi connectivity index (χ3v) is 5.09. The lowest BCUT2D eigenvalue weighted by atomic mass is 9.93. The lowest BCUT2D eigenvalue weighted by Gasteiger charge is -2.33. The van der Waals surface area contributed by atoms with Gasteiger partial charge in [-0.2, -0.15) is 11.8 Å². The summed E-state index contributed by atoms with van der Waals surface area (Å²) in [4.78, 5) is 13.7. The zero-order chi connectivity index (χ0) is 12.5. The van der Waals surface area contributed by atoms with Crippen LogP contribution in [-0.4, -0.2) is 40.1 Å². The summed E-state index contributed by atoms with van der Waals surface area (Å²) in [5.74, 6) is 1.70. The van der Waals surface area contributed by atoms with Crippen molar-refractivity contribution in [1.29, 1.82) is 0 Å². The van der Waals surface area contributed by atoms with E-state index in [4.69, 9.17) is 0 Å². The molecular formula is C14H17NO2S. The Balaban J connectivity index is 1.84. The second kappa shape index (κ2) is 4.94. The van der Waals surface area contributed by atoms with E-state index in [9.17, 15) is 9.90 Å². The van der Waals surface area contributed by atoms with Gasteiger partial charge in [-0.05, 0) is 35.8 Å². The minimum Gasteiger partial charge on any atom is -0.478 e. The van der Waals surface area contributed by atoms with Crippen LogP contribution in [0.25, 0.3) is 0 Å². The zero-order valence-corrected chi connectivity index (χ0v) is 11.1. The molecule has 3 nitrogen and oxygen atoms in total. The number of carboxylic acid groups (broad SMARTS) is 1. The van der Waals surface area contributed by atoms with Crippen LogP contribution in [0.15, 0.2) is 18.2 Å². The molecule has 1 unspecified atom stereocenters. The van der Waals surface area contributed by atoms with Crippen LogP contribution in [-0.2, 0) is 13.0 Å². The van der Waals surface area contributed by atoms with Gasteiger partial charge in [0.2, 0.25) is 0 Å². The average molecular weight is 263 g/mol. The van der Waals surface area contributed by atoms with Crippen molar-refractivity contribution in [2.45, 2.75) is 25.4 Å². The fraction of sp³-hybridized carbons (Fsp3) is 0.500. The van der Waals surface area contributed by atoms with Crippen molar-refractivity contribution >= 4 is 17.7 Å². The molecule has 2 aliphatic heterocycles. The maximum absolute atomic E-state index is 11.2. The number of aromatic carboxylic acids is 1. The zero-order valence-electron chi connectivity index (χ0n) is 10.3. The highest BCUT2D eigenvalue weighted by Gasteiger charge is 2.27. The second-order valence-electron chi connectivity index (χ2n) is 4.99. The molecule has 1 aromatic rings. The van der Waals surface area contributed by atoms with Crippen molar-refractivity contribution in [2.75, 3.05) is 18.1 Å². The van der Waals surface area contributed by atoms with Crippen LogP contribution < -0.4 is 0 Å². The number of hydrogen-bond donors (Lipinski definition) is 1. The first-order chi connectivity index (χ1) is 8.75. The Morgan fingerprint density at radius 2 is 2.33 bits per heavy atom. The Kier molecular flexibility index (Phi) is 3.31. The van der Waals surface area contributed by atoms with Crippen molar-refractivity contribution in [3.63, 3.8) is 0 Å². The van der Waals surface area contributed by atoms with Crippen molar-refractivity contribution in [3.05, 3.63) is 34.9 Å². The molecule has 0 saturated carbocycles. The predicted molar refractivity (Wildman–Crippen MR) is 73.2 cm³/mol. The minimum absolute atomic E-state index is 0.493. The molecule has 0 spiro atoms. The van der Waals surface area contributed by atoms with Crippen molar-refractivity contribution in [1.82, 2.24) is 4.90 Å². The Labute approximate surface area is 111 Å². The van der Waals surface area contributed by atoms with Crippen molar-refractivity contribution in [3.8, 4) is 0 Å². The van der Waals surface area contributed by atoms with Gasteiger partial charge in [0.15, 0.2) is 0 Å². The normalized spacial score (nSPS) is 23.9. The second-order valence-corrected chi connectivity index (χ2v) is 6.14. The molecular weight excluding hydrogens is 246 g/mol. The SMILES string of the molecule is O=C(O)c1cccc2c1CCN(C1CCSC1)C2. The standard InChI is InChI=1S/C14H17NO2S/c16-14(17)13-3-1-2-10-8-15(6-4-12(10)13)11-5-7-18-9-11/h1-3,11H,4-9H2,(H,16,17). The molecule has 1 N–H and O–H groups in total. The molecule has 0 amide bonds. The number of rotatable bonds is 2. The summed E-state index contributed by atoms with van der Waals surface area (Å²) in [6, 6.07) is 6.37. The van der Waals surface area contributed by atoms with E-state index in [0.29, 0.717) is 11.6 Å². The van der Waals surface area contributed by atoms with Gasteiger partial charge in [0.25, 0.3) is 0 Å². The molecule has 0 aromatic heterocycles. The fourth-order valence-corrected chi connectivity index (χ4v) is 4.21. The topological polar surface area (TPSA) is 40.5 Å². The van der Waals surface area contributed by atoms with Gasteiger partial charge in [0.1, 0.15) is 0 Å². The van der Waals surface area contributed by atoms with Gasteiger partial charge in [-0.25, -0.2) is 4.79 Å². The molecule has 18 heavy (non-hydrogen) atoms. The first-order valence-corrected chi connectivity index (χ1v) is 7.57. The minimum atomic E-state index is -0.795. The van der Waals surface area contributed by atoms with Crippen LogP contribution in [0.1, 0.15) is 27.9 Å². The van der Waals surface area contributed by atoms with Crippen molar-refractivity contribution in [2.24, 2.45) is 0 Å². The third kappa shape index (κ3) is 2.15. The molecule has 2 aliphatic rings. The van der Waals surface area contributed by atoms with E-state index < -0.39 is 5.97 Å². The van der Waals surface area contributed by atoms with Gasteiger partial charge in [-0.1, -0.05) is 12.1 Å². The molecule has 0 bridgehead atoms. The number of fused-ring (bicyclic) bond motifs is 1. The van der Waals surface area contributed by atoms with E-state index in [1.807, 2.05) is 17.8 Å². The van der Waals surface area contributed by atoms with E-state index in [-0.39, 0.29) is 0 Å².